The summed E-state index contributed by atoms with van der Waals surface area (Å²) in [5, 5.41) is 7.18. The number of rotatable bonds is 3. The number of aromatic amines is 1. The van der Waals surface area contributed by atoms with E-state index in [0.717, 1.165) is 43.4 Å². The van der Waals surface area contributed by atoms with E-state index in [1.165, 1.54) is 24.3 Å². The van der Waals surface area contributed by atoms with Crippen LogP contribution in [0.4, 0.5) is 4.39 Å². The van der Waals surface area contributed by atoms with E-state index in [1.54, 1.807) is 4.90 Å². The smallest absolute Gasteiger partial charge is 0.274 e. The average molecular weight is 341 g/mol. The van der Waals surface area contributed by atoms with Gasteiger partial charge in [0.05, 0.1) is 0 Å². The molecule has 2 heterocycles. The third-order valence-corrected chi connectivity index (χ3v) is 5.22. The van der Waals surface area contributed by atoms with Crippen molar-refractivity contribution in [1.29, 1.82) is 0 Å². The lowest BCUT2D eigenvalue weighted by Crippen LogP contribution is -2.42. The predicted octanol–water partition coefficient (Wildman–Crippen LogP) is 2.77. The fraction of sp³-hybridized carbons (Fsp3) is 0.421. The molecule has 0 unspecified atom stereocenters. The van der Waals surface area contributed by atoms with Crippen molar-refractivity contribution in [3.05, 3.63) is 52.6 Å². The van der Waals surface area contributed by atoms with Crippen molar-refractivity contribution in [3.8, 4) is 0 Å². The zero-order valence-corrected chi connectivity index (χ0v) is 13.9. The molecule has 0 saturated carbocycles. The Hall–Kier alpha value is -2.50. The Morgan fingerprint density at radius 3 is 2.76 bits per heavy atom. The van der Waals surface area contributed by atoms with Gasteiger partial charge in [-0.2, -0.15) is 5.10 Å². The highest BCUT2D eigenvalue weighted by Crippen LogP contribution is 2.26. The van der Waals surface area contributed by atoms with Crippen molar-refractivity contribution >= 4 is 11.7 Å². The van der Waals surface area contributed by atoms with Crippen molar-refractivity contribution in [1.82, 2.24) is 15.1 Å². The van der Waals surface area contributed by atoms with Crippen LogP contribution in [0.5, 0.6) is 0 Å². The van der Waals surface area contributed by atoms with E-state index < -0.39 is 0 Å². The SMILES string of the molecule is O=C(c1ccc(F)cc1)[C@H]1CCCN(C(=O)c2n[nH]c3c2CCC3)C1. The van der Waals surface area contributed by atoms with Gasteiger partial charge in [0.25, 0.3) is 5.91 Å². The summed E-state index contributed by atoms with van der Waals surface area (Å²) in [5.41, 5.74) is 3.13. The third-order valence-electron chi connectivity index (χ3n) is 5.22. The van der Waals surface area contributed by atoms with E-state index >= 15 is 0 Å². The Morgan fingerprint density at radius 2 is 1.96 bits per heavy atom. The molecular weight excluding hydrogens is 321 g/mol. The predicted molar refractivity (Wildman–Crippen MR) is 90.0 cm³/mol. The molecule has 2 aromatic rings. The molecule has 1 amide bonds. The van der Waals surface area contributed by atoms with E-state index in [1.807, 2.05) is 0 Å². The Morgan fingerprint density at radius 1 is 1.16 bits per heavy atom. The fourth-order valence-corrected chi connectivity index (χ4v) is 3.87. The molecule has 1 N–H and O–H groups in total. The number of likely N-dealkylation sites (tertiary alicyclic amines) is 1. The molecular formula is C19H20FN3O2. The summed E-state index contributed by atoms with van der Waals surface area (Å²) in [4.78, 5) is 27.3. The summed E-state index contributed by atoms with van der Waals surface area (Å²) in [6, 6.07) is 5.62. The lowest BCUT2D eigenvalue weighted by molar-refractivity contribution is 0.0631. The molecule has 1 aromatic carbocycles. The highest BCUT2D eigenvalue weighted by molar-refractivity contribution is 5.99. The number of hydrogen-bond acceptors (Lipinski definition) is 3. The molecule has 5 nitrogen and oxygen atoms in total. The first-order chi connectivity index (χ1) is 12.1. The second kappa shape index (κ2) is 6.43. The van der Waals surface area contributed by atoms with Gasteiger partial charge in [-0.1, -0.05) is 0 Å². The number of carbonyl (C=O) groups is 2. The zero-order chi connectivity index (χ0) is 17.4. The molecule has 1 aliphatic carbocycles. The van der Waals surface area contributed by atoms with Crippen LogP contribution in [0.3, 0.4) is 0 Å². The minimum Gasteiger partial charge on any atom is -0.337 e. The number of H-pyrrole nitrogens is 1. The number of benzene rings is 1. The maximum absolute atomic E-state index is 13.1. The molecule has 25 heavy (non-hydrogen) atoms. The number of carbonyl (C=O) groups excluding carboxylic acids is 2. The van der Waals surface area contributed by atoms with E-state index in [9.17, 15) is 14.0 Å². The van der Waals surface area contributed by atoms with Gasteiger partial charge in [0.2, 0.25) is 0 Å². The number of nitrogens with zero attached hydrogens (tertiary/aromatic N) is 2. The Balaban J connectivity index is 1.49. The first-order valence-corrected chi connectivity index (χ1v) is 8.78. The molecule has 1 atom stereocenters. The minimum atomic E-state index is -0.357. The van der Waals surface area contributed by atoms with Crippen LogP contribution >= 0.6 is 0 Å². The molecule has 4 rings (SSSR count). The number of fused-ring (bicyclic) bond motifs is 1. The number of aryl methyl sites for hydroxylation is 1. The topological polar surface area (TPSA) is 66.1 Å². The molecule has 0 bridgehead atoms. The number of nitrogens with one attached hydrogen (secondary N) is 1. The maximum Gasteiger partial charge on any atom is 0.274 e. The number of ketones is 1. The monoisotopic (exact) mass is 341 g/mol. The molecule has 0 radical (unpaired) electrons. The van der Waals surface area contributed by atoms with Gasteiger partial charge >= 0.3 is 0 Å². The van der Waals surface area contributed by atoms with Crippen LogP contribution in [0.1, 0.15) is 51.4 Å². The van der Waals surface area contributed by atoms with Gasteiger partial charge in [-0.25, -0.2) is 4.39 Å². The van der Waals surface area contributed by atoms with Gasteiger partial charge in [-0.15, -0.1) is 0 Å². The van der Waals surface area contributed by atoms with Gasteiger partial charge in [0.15, 0.2) is 11.5 Å². The molecule has 1 fully saturated rings. The lowest BCUT2D eigenvalue weighted by atomic mass is 9.89. The van der Waals surface area contributed by atoms with Crippen LogP contribution in [0.15, 0.2) is 24.3 Å². The molecule has 1 aromatic heterocycles. The summed E-state index contributed by atoms with van der Waals surface area (Å²) in [6.45, 7) is 1.05. The van der Waals surface area contributed by atoms with Crippen LogP contribution in [-0.4, -0.2) is 39.9 Å². The van der Waals surface area contributed by atoms with Gasteiger partial charge < -0.3 is 4.90 Å². The Kier molecular flexibility index (Phi) is 4.11. The molecule has 0 spiro atoms. The van der Waals surface area contributed by atoms with E-state index in [4.69, 9.17) is 0 Å². The summed E-state index contributed by atoms with van der Waals surface area (Å²) >= 11 is 0. The Labute approximate surface area is 145 Å². The van der Waals surface area contributed by atoms with Crippen LogP contribution in [-0.2, 0) is 12.8 Å². The number of amides is 1. The third kappa shape index (κ3) is 2.97. The van der Waals surface area contributed by atoms with Crippen molar-refractivity contribution in [2.24, 2.45) is 5.92 Å². The first-order valence-electron chi connectivity index (χ1n) is 8.78. The first kappa shape index (κ1) is 16.0. The Bertz CT molecular complexity index is 813. The number of hydrogen-bond donors (Lipinski definition) is 1. The van der Waals surface area contributed by atoms with E-state index in [2.05, 4.69) is 10.2 Å². The van der Waals surface area contributed by atoms with Crippen LogP contribution in [0.25, 0.3) is 0 Å². The van der Waals surface area contributed by atoms with Crippen molar-refractivity contribution in [3.63, 3.8) is 0 Å². The van der Waals surface area contributed by atoms with E-state index in [-0.39, 0.29) is 23.4 Å². The lowest BCUT2D eigenvalue weighted by Gasteiger charge is -2.31. The standard InChI is InChI=1S/C19H20FN3O2/c20-14-8-6-12(7-9-14)18(24)13-3-2-10-23(11-13)19(25)17-15-4-1-5-16(15)21-22-17/h6-9,13H,1-5,10-11H2,(H,21,22)/t13-/m0/s1. The van der Waals surface area contributed by atoms with Crippen molar-refractivity contribution < 1.29 is 14.0 Å². The number of aromatic nitrogens is 2. The van der Waals surface area contributed by atoms with Crippen molar-refractivity contribution in [2.45, 2.75) is 32.1 Å². The minimum absolute atomic E-state index is 0.0234. The quantitative estimate of drug-likeness (QED) is 0.873. The largest absolute Gasteiger partial charge is 0.337 e. The summed E-state index contributed by atoms with van der Waals surface area (Å²) in [7, 11) is 0. The van der Waals surface area contributed by atoms with Gasteiger partial charge in [0.1, 0.15) is 5.82 Å². The van der Waals surface area contributed by atoms with Crippen molar-refractivity contribution in [2.75, 3.05) is 13.1 Å². The summed E-state index contributed by atoms with van der Waals surface area (Å²) in [6.07, 6.45) is 4.42. The molecule has 6 heteroatoms. The fourth-order valence-electron chi connectivity index (χ4n) is 3.87. The van der Waals surface area contributed by atoms with Crippen LogP contribution in [0.2, 0.25) is 0 Å². The number of Topliss-reactive ketones (excluding diaryl/α,β-unsaturated/α-hetero) is 1. The molecule has 1 aliphatic heterocycles. The summed E-state index contributed by atoms with van der Waals surface area (Å²) < 4.78 is 13.1. The summed E-state index contributed by atoms with van der Waals surface area (Å²) in [5.74, 6) is -0.708. The van der Waals surface area contributed by atoms with Gasteiger partial charge in [-0.05, 0) is 56.4 Å². The highest BCUT2D eigenvalue weighted by atomic mass is 19.1. The molecule has 1 saturated heterocycles. The molecule has 130 valence electrons. The van der Waals surface area contributed by atoms with Gasteiger partial charge in [-0.3, -0.25) is 14.7 Å². The number of halogens is 1. The maximum atomic E-state index is 13.1. The normalized spacial score (nSPS) is 19.7. The zero-order valence-electron chi connectivity index (χ0n) is 13.9. The van der Waals surface area contributed by atoms with E-state index in [0.29, 0.717) is 24.3 Å². The average Bonchev–Trinajstić information content (AvgIpc) is 3.25. The van der Waals surface area contributed by atoms with Gasteiger partial charge in [0, 0.05) is 35.8 Å². The highest BCUT2D eigenvalue weighted by Gasteiger charge is 2.32. The van der Waals surface area contributed by atoms with Crippen LogP contribution in [0, 0.1) is 11.7 Å². The second-order valence-corrected chi connectivity index (χ2v) is 6.84. The van der Waals surface area contributed by atoms with Crippen LogP contribution < -0.4 is 0 Å². The molecule has 2 aliphatic rings. The number of piperidine rings is 1. The second-order valence-electron chi connectivity index (χ2n) is 6.84.